The van der Waals surface area contributed by atoms with Crippen LogP contribution in [0.1, 0.15) is 5.56 Å². The summed E-state index contributed by atoms with van der Waals surface area (Å²) in [5.74, 6) is 0. The van der Waals surface area contributed by atoms with E-state index < -0.39 is 6.10 Å². The summed E-state index contributed by atoms with van der Waals surface area (Å²) in [6, 6.07) is 10.0. The Hall–Kier alpha value is -0.940. The van der Waals surface area contributed by atoms with Crippen molar-refractivity contribution in [2.24, 2.45) is 0 Å². The fourth-order valence-electron chi connectivity index (χ4n) is 2.36. The molecule has 0 bridgehead atoms. The highest BCUT2D eigenvalue weighted by Gasteiger charge is 2.47. The van der Waals surface area contributed by atoms with Crippen LogP contribution in [0, 0.1) is 0 Å². The summed E-state index contributed by atoms with van der Waals surface area (Å²) >= 11 is 0. The summed E-state index contributed by atoms with van der Waals surface area (Å²) in [5, 5.41) is 9.60. The zero-order chi connectivity index (χ0) is 11.7. The van der Waals surface area contributed by atoms with Gasteiger partial charge in [0.1, 0.15) is 24.4 Å². The molecule has 2 saturated heterocycles. The van der Waals surface area contributed by atoms with E-state index in [4.69, 9.17) is 14.2 Å². The predicted octanol–water partition coefficient (Wildman–Crippen LogP) is 0.730. The van der Waals surface area contributed by atoms with Crippen molar-refractivity contribution in [3.8, 4) is 0 Å². The van der Waals surface area contributed by atoms with Crippen LogP contribution >= 0.6 is 0 Å². The summed E-state index contributed by atoms with van der Waals surface area (Å²) in [7, 11) is 0. The van der Waals surface area contributed by atoms with Gasteiger partial charge >= 0.3 is 0 Å². The minimum Gasteiger partial charge on any atom is -0.388 e. The van der Waals surface area contributed by atoms with E-state index in [0.717, 1.165) is 5.56 Å². The van der Waals surface area contributed by atoms with Crippen molar-refractivity contribution in [2.75, 3.05) is 13.2 Å². The maximum Gasteiger partial charge on any atom is 0.115 e. The van der Waals surface area contributed by atoms with E-state index in [1.807, 2.05) is 30.3 Å². The number of fused-ring (bicyclic) bond motifs is 1. The van der Waals surface area contributed by atoms with Crippen molar-refractivity contribution < 1.29 is 19.3 Å². The molecule has 0 aliphatic carbocycles. The van der Waals surface area contributed by atoms with E-state index in [1.165, 1.54) is 0 Å². The van der Waals surface area contributed by atoms with Crippen LogP contribution in [0.15, 0.2) is 30.3 Å². The molecule has 1 aromatic rings. The van der Waals surface area contributed by atoms with Gasteiger partial charge in [0.2, 0.25) is 0 Å². The lowest BCUT2D eigenvalue weighted by Crippen LogP contribution is -2.32. The lowest BCUT2D eigenvalue weighted by Gasteiger charge is -2.16. The second-order valence-electron chi connectivity index (χ2n) is 4.50. The largest absolute Gasteiger partial charge is 0.388 e. The lowest BCUT2D eigenvalue weighted by atomic mass is 10.1. The number of hydrogen-bond acceptors (Lipinski definition) is 4. The molecule has 4 heteroatoms. The molecule has 2 aliphatic heterocycles. The van der Waals surface area contributed by atoms with Crippen molar-refractivity contribution in [2.45, 2.75) is 31.0 Å². The van der Waals surface area contributed by atoms with E-state index in [9.17, 15) is 5.11 Å². The summed E-state index contributed by atoms with van der Waals surface area (Å²) in [4.78, 5) is 0. The summed E-state index contributed by atoms with van der Waals surface area (Å²) in [5.41, 5.74) is 1.13. The molecule has 2 aliphatic rings. The normalized spacial score (nSPS) is 36.1. The molecule has 92 valence electrons. The standard InChI is InChI=1S/C13H16O4/c14-10-7-16-13-11(8-17-12(10)13)15-6-9-4-2-1-3-5-9/h1-5,10-14H,6-8H2/t10-,11-,12+,13+/m1/s1. The van der Waals surface area contributed by atoms with Gasteiger partial charge in [-0.25, -0.2) is 0 Å². The molecule has 0 spiro atoms. The van der Waals surface area contributed by atoms with Gasteiger partial charge in [-0.05, 0) is 5.56 Å². The number of hydrogen-bond donors (Lipinski definition) is 1. The van der Waals surface area contributed by atoms with Crippen LogP contribution in [-0.4, -0.2) is 42.7 Å². The molecule has 2 heterocycles. The van der Waals surface area contributed by atoms with Crippen LogP contribution in [0.4, 0.5) is 0 Å². The SMILES string of the molecule is O[C@@H]1CO[C@@H]2[C@H]1OC[C@H]2OCc1ccccc1. The molecular formula is C13H16O4. The van der Waals surface area contributed by atoms with Crippen LogP contribution in [0.2, 0.25) is 0 Å². The maximum atomic E-state index is 9.60. The number of benzene rings is 1. The molecule has 1 N–H and O–H groups in total. The zero-order valence-electron chi connectivity index (χ0n) is 9.49. The maximum absolute atomic E-state index is 9.60. The van der Waals surface area contributed by atoms with Crippen molar-refractivity contribution in [3.63, 3.8) is 0 Å². The highest BCUT2D eigenvalue weighted by molar-refractivity contribution is 5.13. The second-order valence-corrected chi connectivity index (χ2v) is 4.50. The molecule has 4 atom stereocenters. The van der Waals surface area contributed by atoms with Gasteiger partial charge < -0.3 is 19.3 Å². The Kier molecular flexibility index (Phi) is 3.11. The van der Waals surface area contributed by atoms with E-state index in [-0.39, 0.29) is 18.3 Å². The van der Waals surface area contributed by atoms with Crippen molar-refractivity contribution in [1.82, 2.24) is 0 Å². The first-order chi connectivity index (χ1) is 8.34. The van der Waals surface area contributed by atoms with E-state index in [2.05, 4.69) is 0 Å². The molecule has 0 unspecified atom stereocenters. The monoisotopic (exact) mass is 236 g/mol. The van der Waals surface area contributed by atoms with Gasteiger partial charge in [-0.2, -0.15) is 0 Å². The van der Waals surface area contributed by atoms with Gasteiger partial charge in [-0.3, -0.25) is 0 Å². The Morgan fingerprint density at radius 3 is 2.71 bits per heavy atom. The first kappa shape index (κ1) is 11.2. The number of ether oxygens (including phenoxy) is 3. The van der Waals surface area contributed by atoms with Gasteiger partial charge in [-0.15, -0.1) is 0 Å². The summed E-state index contributed by atoms with van der Waals surface area (Å²) in [6.07, 6.45) is -0.910. The van der Waals surface area contributed by atoms with Gasteiger partial charge in [0.15, 0.2) is 0 Å². The minimum absolute atomic E-state index is 0.0719. The van der Waals surface area contributed by atoms with E-state index >= 15 is 0 Å². The molecule has 4 nitrogen and oxygen atoms in total. The number of aliphatic hydroxyl groups excluding tert-OH is 1. The van der Waals surface area contributed by atoms with Crippen molar-refractivity contribution in [3.05, 3.63) is 35.9 Å². The molecule has 0 radical (unpaired) electrons. The Labute approximate surface area is 100 Å². The smallest absolute Gasteiger partial charge is 0.115 e. The van der Waals surface area contributed by atoms with Crippen LogP contribution < -0.4 is 0 Å². The number of rotatable bonds is 3. The number of aliphatic hydroxyl groups is 1. The average Bonchev–Trinajstić information content (AvgIpc) is 2.92. The Bertz CT molecular complexity index is 367. The van der Waals surface area contributed by atoms with Gasteiger partial charge in [-0.1, -0.05) is 30.3 Å². The van der Waals surface area contributed by atoms with Gasteiger partial charge in [0, 0.05) is 0 Å². The topological polar surface area (TPSA) is 47.9 Å². The molecule has 2 fully saturated rings. The van der Waals surface area contributed by atoms with Crippen molar-refractivity contribution in [1.29, 1.82) is 0 Å². The van der Waals surface area contributed by atoms with Gasteiger partial charge in [0.25, 0.3) is 0 Å². The Balaban J connectivity index is 1.57. The molecule has 3 rings (SSSR count). The van der Waals surface area contributed by atoms with E-state index in [1.54, 1.807) is 0 Å². The third kappa shape index (κ3) is 2.21. The van der Waals surface area contributed by atoms with Crippen molar-refractivity contribution >= 4 is 0 Å². The zero-order valence-corrected chi connectivity index (χ0v) is 9.49. The van der Waals surface area contributed by atoms with E-state index in [0.29, 0.717) is 19.8 Å². The Morgan fingerprint density at radius 2 is 1.88 bits per heavy atom. The third-order valence-corrected chi connectivity index (χ3v) is 3.29. The third-order valence-electron chi connectivity index (χ3n) is 3.29. The fourth-order valence-corrected chi connectivity index (χ4v) is 2.36. The summed E-state index contributed by atoms with van der Waals surface area (Å²) < 4.78 is 16.8. The predicted molar refractivity (Wildman–Crippen MR) is 60.5 cm³/mol. The van der Waals surface area contributed by atoms with Crippen LogP contribution in [0.3, 0.4) is 0 Å². The van der Waals surface area contributed by atoms with Gasteiger partial charge in [0.05, 0.1) is 19.8 Å². The summed E-state index contributed by atoms with van der Waals surface area (Å²) in [6.45, 7) is 1.40. The Morgan fingerprint density at radius 1 is 1.12 bits per heavy atom. The highest BCUT2D eigenvalue weighted by Crippen LogP contribution is 2.29. The molecular weight excluding hydrogens is 220 g/mol. The lowest BCUT2D eigenvalue weighted by molar-refractivity contribution is -0.0439. The molecule has 17 heavy (non-hydrogen) atoms. The highest BCUT2D eigenvalue weighted by atomic mass is 16.6. The fraction of sp³-hybridized carbons (Fsp3) is 0.538. The first-order valence-corrected chi connectivity index (χ1v) is 5.91. The van der Waals surface area contributed by atoms with Crippen LogP contribution in [0.5, 0.6) is 0 Å². The molecule has 0 saturated carbocycles. The molecule has 1 aromatic carbocycles. The first-order valence-electron chi connectivity index (χ1n) is 5.91. The molecule has 0 aromatic heterocycles. The second kappa shape index (κ2) is 4.74. The molecule has 0 amide bonds. The van der Waals surface area contributed by atoms with Crippen LogP contribution in [-0.2, 0) is 20.8 Å². The quantitative estimate of drug-likeness (QED) is 0.840. The minimum atomic E-state index is -0.509. The average molecular weight is 236 g/mol. The van der Waals surface area contributed by atoms with Crippen LogP contribution in [0.25, 0.3) is 0 Å².